The van der Waals surface area contributed by atoms with Gasteiger partial charge in [0.25, 0.3) is 0 Å². The molecule has 1 aromatic heterocycles. The summed E-state index contributed by atoms with van der Waals surface area (Å²) in [5, 5.41) is 4.07. The van der Waals surface area contributed by atoms with Gasteiger partial charge in [-0.1, -0.05) is 0 Å². The molecule has 1 aromatic carbocycles. The van der Waals surface area contributed by atoms with Gasteiger partial charge < -0.3 is 9.73 Å². The van der Waals surface area contributed by atoms with Crippen molar-refractivity contribution in [3.8, 4) is 0 Å². The van der Waals surface area contributed by atoms with Crippen LogP contribution in [-0.4, -0.2) is 7.05 Å². The van der Waals surface area contributed by atoms with E-state index in [9.17, 15) is 4.79 Å². The van der Waals surface area contributed by atoms with E-state index in [0.29, 0.717) is 12.1 Å². The highest BCUT2D eigenvalue weighted by molar-refractivity contribution is 5.81. The zero-order valence-electron chi connectivity index (χ0n) is 9.76. The molecule has 0 spiro atoms. The number of hydrogen-bond donors (Lipinski definition) is 1. The van der Waals surface area contributed by atoms with Gasteiger partial charge in [0, 0.05) is 18.0 Å². The smallest absolute Gasteiger partial charge is 0.336 e. The van der Waals surface area contributed by atoms with Crippen molar-refractivity contribution >= 4 is 11.0 Å². The molecule has 0 aliphatic heterocycles. The largest absolute Gasteiger partial charge is 0.423 e. The SMILES string of the molecule is CNCc1cc(=O)oc2cc(C)c(C)cc12. The summed E-state index contributed by atoms with van der Waals surface area (Å²) in [7, 11) is 1.86. The van der Waals surface area contributed by atoms with Gasteiger partial charge in [0.15, 0.2) is 0 Å². The first-order chi connectivity index (χ1) is 7.61. The molecular formula is C13H15NO2. The summed E-state index contributed by atoms with van der Waals surface area (Å²) in [4.78, 5) is 11.4. The minimum absolute atomic E-state index is 0.291. The fourth-order valence-corrected chi connectivity index (χ4v) is 1.82. The van der Waals surface area contributed by atoms with Crippen molar-refractivity contribution in [2.45, 2.75) is 20.4 Å². The summed E-state index contributed by atoms with van der Waals surface area (Å²) in [5.74, 6) is 0. The predicted molar refractivity (Wildman–Crippen MR) is 64.7 cm³/mol. The molecule has 0 amide bonds. The maximum absolute atomic E-state index is 11.4. The summed E-state index contributed by atoms with van der Waals surface area (Å²) < 4.78 is 5.20. The van der Waals surface area contributed by atoms with Crippen LogP contribution >= 0.6 is 0 Å². The minimum atomic E-state index is -0.291. The average molecular weight is 217 g/mol. The highest BCUT2D eigenvalue weighted by atomic mass is 16.4. The van der Waals surface area contributed by atoms with Crippen molar-refractivity contribution in [3.63, 3.8) is 0 Å². The van der Waals surface area contributed by atoms with Gasteiger partial charge in [-0.25, -0.2) is 4.79 Å². The van der Waals surface area contributed by atoms with E-state index in [1.807, 2.05) is 20.0 Å². The molecule has 3 heteroatoms. The third kappa shape index (κ3) is 1.86. The summed E-state index contributed by atoms with van der Waals surface area (Å²) in [6.45, 7) is 4.74. The van der Waals surface area contributed by atoms with E-state index < -0.39 is 0 Å². The minimum Gasteiger partial charge on any atom is -0.423 e. The lowest BCUT2D eigenvalue weighted by atomic mass is 10.0. The van der Waals surface area contributed by atoms with E-state index in [4.69, 9.17) is 4.42 Å². The number of aryl methyl sites for hydroxylation is 2. The third-order valence-electron chi connectivity index (χ3n) is 2.81. The van der Waals surface area contributed by atoms with E-state index in [0.717, 1.165) is 16.5 Å². The normalized spacial score (nSPS) is 10.9. The van der Waals surface area contributed by atoms with Crippen LogP contribution in [-0.2, 0) is 6.54 Å². The molecule has 1 heterocycles. The summed E-state index contributed by atoms with van der Waals surface area (Å²) in [6, 6.07) is 5.54. The van der Waals surface area contributed by atoms with Crippen LogP contribution in [0.1, 0.15) is 16.7 Å². The first-order valence-electron chi connectivity index (χ1n) is 5.30. The van der Waals surface area contributed by atoms with Crippen molar-refractivity contribution in [1.29, 1.82) is 0 Å². The second-order valence-electron chi connectivity index (χ2n) is 4.05. The molecule has 0 aliphatic rings. The molecule has 0 atom stereocenters. The molecule has 0 unspecified atom stereocenters. The summed E-state index contributed by atoms with van der Waals surface area (Å²) >= 11 is 0. The van der Waals surface area contributed by atoms with Crippen LogP contribution in [0, 0.1) is 13.8 Å². The van der Waals surface area contributed by atoms with Gasteiger partial charge in [-0.2, -0.15) is 0 Å². The first-order valence-corrected chi connectivity index (χ1v) is 5.30. The van der Waals surface area contributed by atoms with Crippen LogP contribution in [0.2, 0.25) is 0 Å². The van der Waals surface area contributed by atoms with Crippen molar-refractivity contribution in [1.82, 2.24) is 5.32 Å². The van der Waals surface area contributed by atoms with Crippen LogP contribution < -0.4 is 10.9 Å². The van der Waals surface area contributed by atoms with E-state index in [2.05, 4.69) is 18.3 Å². The molecule has 2 aromatic rings. The molecule has 16 heavy (non-hydrogen) atoms. The van der Waals surface area contributed by atoms with Gasteiger partial charge in [-0.15, -0.1) is 0 Å². The molecule has 0 fully saturated rings. The van der Waals surface area contributed by atoms with Gasteiger partial charge in [0.05, 0.1) is 0 Å². The Kier molecular flexibility index (Phi) is 2.79. The Morgan fingerprint density at radius 1 is 1.19 bits per heavy atom. The summed E-state index contributed by atoms with van der Waals surface area (Å²) in [5.41, 5.74) is 3.70. The molecule has 1 N–H and O–H groups in total. The molecule has 3 nitrogen and oxygen atoms in total. The zero-order valence-corrected chi connectivity index (χ0v) is 9.76. The Balaban J connectivity index is 2.79. The number of benzene rings is 1. The van der Waals surface area contributed by atoms with E-state index in [1.54, 1.807) is 6.07 Å². The van der Waals surface area contributed by atoms with Crippen LogP contribution in [0.5, 0.6) is 0 Å². The average Bonchev–Trinajstić information content (AvgIpc) is 2.21. The van der Waals surface area contributed by atoms with Crippen molar-refractivity contribution < 1.29 is 4.42 Å². The lowest BCUT2D eigenvalue weighted by Crippen LogP contribution is -2.09. The molecular weight excluding hydrogens is 202 g/mol. The Morgan fingerprint density at radius 3 is 2.56 bits per heavy atom. The van der Waals surface area contributed by atoms with Gasteiger partial charge in [-0.3, -0.25) is 0 Å². The lowest BCUT2D eigenvalue weighted by molar-refractivity contribution is 0.557. The maximum atomic E-state index is 11.4. The van der Waals surface area contributed by atoms with Crippen molar-refractivity contribution in [2.75, 3.05) is 7.05 Å². The maximum Gasteiger partial charge on any atom is 0.336 e. The second-order valence-corrected chi connectivity index (χ2v) is 4.05. The number of nitrogens with one attached hydrogen (secondary N) is 1. The molecule has 0 saturated carbocycles. The highest BCUT2D eigenvalue weighted by Crippen LogP contribution is 2.21. The monoisotopic (exact) mass is 217 g/mol. The zero-order chi connectivity index (χ0) is 11.7. The van der Waals surface area contributed by atoms with Gasteiger partial charge in [0.1, 0.15) is 5.58 Å². The quantitative estimate of drug-likeness (QED) is 0.783. The molecule has 84 valence electrons. The third-order valence-corrected chi connectivity index (χ3v) is 2.81. The first kappa shape index (κ1) is 10.9. The number of hydrogen-bond acceptors (Lipinski definition) is 3. The standard InChI is InChI=1S/C13H15NO2/c1-8-4-11-10(7-14-3)6-13(15)16-12(11)5-9(8)2/h4-6,14H,7H2,1-3H3. The van der Waals surface area contributed by atoms with Gasteiger partial charge >= 0.3 is 5.63 Å². The fraction of sp³-hybridized carbons (Fsp3) is 0.308. The van der Waals surface area contributed by atoms with Gasteiger partial charge in [-0.05, 0) is 49.7 Å². The van der Waals surface area contributed by atoms with Gasteiger partial charge in [0.2, 0.25) is 0 Å². The molecule has 0 bridgehead atoms. The van der Waals surface area contributed by atoms with E-state index >= 15 is 0 Å². The lowest BCUT2D eigenvalue weighted by Gasteiger charge is -2.07. The predicted octanol–water partition coefficient (Wildman–Crippen LogP) is 2.13. The fourth-order valence-electron chi connectivity index (χ4n) is 1.82. The number of fused-ring (bicyclic) bond motifs is 1. The topological polar surface area (TPSA) is 42.2 Å². The Labute approximate surface area is 94.1 Å². The molecule has 0 aliphatic carbocycles. The van der Waals surface area contributed by atoms with Crippen LogP contribution in [0.3, 0.4) is 0 Å². The molecule has 0 radical (unpaired) electrons. The number of rotatable bonds is 2. The Bertz CT molecular complexity index is 584. The Hall–Kier alpha value is -1.61. The van der Waals surface area contributed by atoms with Crippen molar-refractivity contribution in [3.05, 3.63) is 45.3 Å². The van der Waals surface area contributed by atoms with Crippen LogP contribution in [0.4, 0.5) is 0 Å². The summed E-state index contributed by atoms with van der Waals surface area (Å²) in [6.07, 6.45) is 0. The van der Waals surface area contributed by atoms with Crippen molar-refractivity contribution in [2.24, 2.45) is 0 Å². The molecule has 0 saturated heterocycles. The van der Waals surface area contributed by atoms with Crippen LogP contribution in [0.15, 0.2) is 27.4 Å². The molecule has 2 rings (SSSR count). The van der Waals surface area contributed by atoms with E-state index in [-0.39, 0.29) is 5.63 Å². The van der Waals surface area contributed by atoms with Crippen LogP contribution in [0.25, 0.3) is 11.0 Å². The second kappa shape index (κ2) is 4.10. The highest BCUT2D eigenvalue weighted by Gasteiger charge is 2.06. The Morgan fingerprint density at radius 2 is 1.88 bits per heavy atom. The van der Waals surface area contributed by atoms with E-state index in [1.165, 1.54) is 5.56 Å².